The van der Waals surface area contributed by atoms with Crippen LogP contribution in [0.3, 0.4) is 0 Å². The van der Waals surface area contributed by atoms with Gasteiger partial charge in [0.1, 0.15) is 0 Å². The standard InChI is InChI=1S/C12H17N3O3/c16-11-3-5-13-8-15(11)7-12(17)6-9-10(18-12)2-1-4-14-9/h3,5,8-10,14,17H,1-2,4,6-7H2/t9-,10-,12?/m1/s1. The molecule has 2 aliphatic heterocycles. The number of hydrogen-bond donors (Lipinski definition) is 2. The van der Waals surface area contributed by atoms with Crippen LogP contribution in [0.15, 0.2) is 23.4 Å². The van der Waals surface area contributed by atoms with Gasteiger partial charge in [0, 0.05) is 24.7 Å². The topological polar surface area (TPSA) is 76.4 Å². The van der Waals surface area contributed by atoms with Crippen molar-refractivity contribution in [2.45, 2.75) is 43.7 Å². The molecule has 98 valence electrons. The van der Waals surface area contributed by atoms with E-state index in [1.165, 1.54) is 23.2 Å². The van der Waals surface area contributed by atoms with Crippen molar-refractivity contribution in [3.63, 3.8) is 0 Å². The molecule has 3 rings (SSSR count). The molecule has 2 N–H and O–H groups in total. The Bertz CT molecular complexity index is 473. The van der Waals surface area contributed by atoms with E-state index in [9.17, 15) is 9.90 Å². The smallest absolute Gasteiger partial charge is 0.253 e. The number of ether oxygens (including phenoxy) is 1. The highest BCUT2D eigenvalue weighted by Crippen LogP contribution is 2.33. The van der Waals surface area contributed by atoms with E-state index in [0.29, 0.717) is 6.42 Å². The van der Waals surface area contributed by atoms with Crippen LogP contribution in [0.1, 0.15) is 19.3 Å². The molecular weight excluding hydrogens is 234 g/mol. The molecule has 6 nitrogen and oxygen atoms in total. The minimum absolute atomic E-state index is 0.0520. The fourth-order valence-electron chi connectivity index (χ4n) is 2.81. The molecule has 18 heavy (non-hydrogen) atoms. The van der Waals surface area contributed by atoms with E-state index >= 15 is 0 Å². The van der Waals surface area contributed by atoms with Crippen LogP contribution in [0.4, 0.5) is 0 Å². The van der Waals surface area contributed by atoms with Gasteiger partial charge < -0.3 is 15.2 Å². The van der Waals surface area contributed by atoms with Crippen molar-refractivity contribution in [3.8, 4) is 0 Å². The number of nitrogens with zero attached hydrogens (tertiary/aromatic N) is 2. The molecule has 3 heterocycles. The van der Waals surface area contributed by atoms with Crippen LogP contribution in [-0.4, -0.2) is 39.1 Å². The zero-order valence-corrected chi connectivity index (χ0v) is 10.1. The summed E-state index contributed by atoms with van der Waals surface area (Å²) in [5, 5.41) is 13.8. The fraction of sp³-hybridized carbons (Fsp3) is 0.667. The molecule has 0 spiro atoms. The minimum Gasteiger partial charge on any atom is -0.364 e. The molecule has 0 radical (unpaired) electrons. The number of piperidine rings is 1. The van der Waals surface area contributed by atoms with E-state index < -0.39 is 5.79 Å². The van der Waals surface area contributed by atoms with E-state index in [0.717, 1.165) is 19.4 Å². The Morgan fingerprint density at radius 2 is 2.56 bits per heavy atom. The highest BCUT2D eigenvalue weighted by molar-refractivity contribution is 4.95. The van der Waals surface area contributed by atoms with Crippen LogP contribution in [0.25, 0.3) is 0 Å². The van der Waals surface area contributed by atoms with Gasteiger partial charge in [0.25, 0.3) is 5.56 Å². The average Bonchev–Trinajstić information content (AvgIpc) is 2.68. The summed E-state index contributed by atoms with van der Waals surface area (Å²) in [5.41, 5.74) is -0.176. The van der Waals surface area contributed by atoms with Gasteiger partial charge in [-0.25, -0.2) is 4.98 Å². The Labute approximate surface area is 105 Å². The number of aromatic nitrogens is 2. The molecule has 6 heteroatoms. The summed E-state index contributed by atoms with van der Waals surface area (Å²) in [6.07, 6.45) is 5.46. The van der Waals surface area contributed by atoms with Crippen LogP contribution in [-0.2, 0) is 11.3 Å². The third-order valence-electron chi connectivity index (χ3n) is 3.64. The Morgan fingerprint density at radius 3 is 3.33 bits per heavy atom. The first-order chi connectivity index (χ1) is 8.66. The van der Waals surface area contributed by atoms with Gasteiger partial charge in [-0.15, -0.1) is 0 Å². The van der Waals surface area contributed by atoms with Crippen molar-refractivity contribution in [2.24, 2.45) is 0 Å². The predicted molar refractivity (Wildman–Crippen MR) is 64.0 cm³/mol. The van der Waals surface area contributed by atoms with Crippen LogP contribution >= 0.6 is 0 Å². The van der Waals surface area contributed by atoms with Gasteiger partial charge in [-0.3, -0.25) is 9.36 Å². The van der Waals surface area contributed by atoms with Crippen molar-refractivity contribution < 1.29 is 9.84 Å². The number of nitrogens with one attached hydrogen (secondary N) is 1. The molecular formula is C12H17N3O3. The highest BCUT2D eigenvalue weighted by Gasteiger charge is 2.46. The number of fused-ring (bicyclic) bond motifs is 1. The zero-order valence-electron chi connectivity index (χ0n) is 10.1. The Hall–Kier alpha value is -1.24. The Morgan fingerprint density at radius 1 is 1.67 bits per heavy atom. The number of aliphatic hydroxyl groups is 1. The summed E-state index contributed by atoms with van der Waals surface area (Å²) < 4.78 is 7.10. The molecule has 0 bridgehead atoms. The van der Waals surface area contributed by atoms with Crippen molar-refractivity contribution >= 4 is 0 Å². The minimum atomic E-state index is -1.26. The van der Waals surface area contributed by atoms with Gasteiger partial charge in [-0.1, -0.05) is 0 Å². The van der Waals surface area contributed by atoms with Gasteiger partial charge in [0.05, 0.1) is 19.0 Å². The first-order valence-electron chi connectivity index (χ1n) is 6.30. The lowest BCUT2D eigenvalue weighted by molar-refractivity contribution is -0.202. The van der Waals surface area contributed by atoms with Crippen molar-refractivity contribution in [3.05, 3.63) is 28.9 Å². The molecule has 0 amide bonds. The molecule has 1 aromatic rings. The van der Waals surface area contributed by atoms with E-state index in [2.05, 4.69) is 10.3 Å². The van der Waals surface area contributed by atoms with Gasteiger partial charge >= 0.3 is 0 Å². The quantitative estimate of drug-likeness (QED) is 0.739. The summed E-state index contributed by atoms with van der Waals surface area (Å²) in [5.74, 6) is -1.26. The Kier molecular flexibility index (Phi) is 2.93. The highest BCUT2D eigenvalue weighted by atomic mass is 16.6. The largest absolute Gasteiger partial charge is 0.364 e. The maximum Gasteiger partial charge on any atom is 0.253 e. The SMILES string of the molecule is O=c1ccncn1CC1(O)C[C@H]2NCCC[C@H]2O1. The number of hydrogen-bond acceptors (Lipinski definition) is 5. The second-order valence-corrected chi connectivity index (χ2v) is 5.06. The van der Waals surface area contributed by atoms with E-state index in [4.69, 9.17) is 4.74 Å². The van der Waals surface area contributed by atoms with Gasteiger partial charge in [-0.2, -0.15) is 0 Å². The van der Waals surface area contributed by atoms with Crippen molar-refractivity contribution in [2.75, 3.05) is 6.54 Å². The molecule has 2 aliphatic rings. The molecule has 2 saturated heterocycles. The van der Waals surface area contributed by atoms with Crippen LogP contribution < -0.4 is 10.9 Å². The maximum atomic E-state index is 11.6. The molecule has 0 saturated carbocycles. The zero-order chi connectivity index (χ0) is 12.6. The monoisotopic (exact) mass is 251 g/mol. The molecule has 3 atom stereocenters. The molecule has 2 fully saturated rings. The van der Waals surface area contributed by atoms with Crippen LogP contribution in [0, 0.1) is 0 Å². The first kappa shape index (κ1) is 11.8. The summed E-state index contributed by atoms with van der Waals surface area (Å²) in [6.45, 7) is 1.10. The Balaban J connectivity index is 1.76. The van der Waals surface area contributed by atoms with Crippen molar-refractivity contribution in [1.82, 2.24) is 14.9 Å². The first-order valence-corrected chi connectivity index (χ1v) is 6.30. The lowest BCUT2D eigenvalue weighted by Crippen LogP contribution is -2.41. The molecule has 1 unspecified atom stereocenters. The van der Waals surface area contributed by atoms with E-state index in [1.807, 2.05) is 0 Å². The van der Waals surface area contributed by atoms with Crippen molar-refractivity contribution in [1.29, 1.82) is 0 Å². The maximum absolute atomic E-state index is 11.6. The summed E-state index contributed by atoms with van der Waals surface area (Å²) in [4.78, 5) is 15.5. The normalized spacial score (nSPS) is 35.4. The predicted octanol–water partition coefficient (Wildman–Crippen LogP) is -0.527. The second-order valence-electron chi connectivity index (χ2n) is 5.06. The van der Waals surface area contributed by atoms with E-state index in [1.54, 1.807) is 0 Å². The summed E-state index contributed by atoms with van der Waals surface area (Å²) in [6, 6.07) is 1.57. The third kappa shape index (κ3) is 2.19. The summed E-state index contributed by atoms with van der Waals surface area (Å²) in [7, 11) is 0. The van der Waals surface area contributed by atoms with Crippen LogP contribution in [0.5, 0.6) is 0 Å². The van der Waals surface area contributed by atoms with Gasteiger partial charge in [-0.05, 0) is 19.4 Å². The average molecular weight is 251 g/mol. The van der Waals surface area contributed by atoms with Gasteiger partial charge in [0.15, 0.2) is 5.79 Å². The van der Waals surface area contributed by atoms with E-state index in [-0.39, 0.29) is 24.2 Å². The molecule has 0 aliphatic carbocycles. The lowest BCUT2D eigenvalue weighted by Gasteiger charge is -2.25. The van der Waals surface area contributed by atoms with Crippen LogP contribution in [0.2, 0.25) is 0 Å². The third-order valence-corrected chi connectivity index (χ3v) is 3.64. The summed E-state index contributed by atoms with van der Waals surface area (Å²) >= 11 is 0. The second kappa shape index (κ2) is 4.46. The number of rotatable bonds is 2. The molecule has 0 aromatic carbocycles. The van der Waals surface area contributed by atoms with Gasteiger partial charge in [0.2, 0.25) is 0 Å². The fourth-order valence-corrected chi connectivity index (χ4v) is 2.81. The lowest BCUT2D eigenvalue weighted by atomic mass is 9.99. The molecule has 1 aromatic heterocycles.